The maximum Gasteiger partial charge on any atom is 0.513 e. The van der Waals surface area contributed by atoms with E-state index < -0.39 is 24.3 Å². The van der Waals surface area contributed by atoms with E-state index in [1.807, 2.05) is 45.9 Å². The fraction of sp³-hybridized carbons (Fsp3) is 0.609. The molecule has 0 aliphatic heterocycles. The van der Waals surface area contributed by atoms with Crippen molar-refractivity contribution in [3.8, 4) is 5.75 Å². The number of carbonyl (C=O) groups is 3. The molecule has 0 aromatic heterocycles. The average Bonchev–Trinajstić information content (AvgIpc) is 2.76. The van der Waals surface area contributed by atoms with Crippen LogP contribution in [0, 0.1) is 0 Å². The summed E-state index contributed by atoms with van der Waals surface area (Å²) in [6, 6.07) is 5.29. The number of nitrogens with two attached hydrogens (primary N) is 2. The molecule has 0 fully saturated rings. The molecule has 0 saturated heterocycles. The summed E-state index contributed by atoms with van der Waals surface area (Å²) in [6.07, 6.45) is -3.64. The zero-order valence-electron chi connectivity index (χ0n) is 20.5. The Morgan fingerprint density at radius 1 is 1.06 bits per heavy atom. The number of carbonyl (C=O) groups excluding carboxylic acids is 2. The molecule has 0 unspecified atom stereocenters. The molecule has 0 heterocycles. The fourth-order valence-electron chi connectivity index (χ4n) is 2.79. The molecule has 0 spiro atoms. The highest BCUT2D eigenvalue weighted by Crippen LogP contribution is 2.34. The Morgan fingerprint density at radius 2 is 1.57 bits per heavy atom. The predicted octanol–water partition coefficient (Wildman–Crippen LogP) is 3.65. The number of ether oxygens (including phenoxy) is 2. The summed E-state index contributed by atoms with van der Waals surface area (Å²) in [5.41, 5.74) is 13.1. The lowest BCUT2D eigenvalue weighted by Gasteiger charge is -2.18. The first kappa shape index (κ1) is 32.1. The molecule has 200 valence electrons. The Morgan fingerprint density at radius 3 is 2.00 bits per heavy atom. The van der Waals surface area contributed by atoms with Crippen LogP contribution in [0.2, 0.25) is 0 Å². The summed E-state index contributed by atoms with van der Waals surface area (Å²) >= 11 is 0. The Balaban J connectivity index is 0.00000143. The lowest BCUT2D eigenvalue weighted by molar-refractivity contribution is -0.192. The van der Waals surface area contributed by atoms with Crippen LogP contribution in [0.1, 0.15) is 69.9 Å². The number of carboxylic acids is 1. The number of para-hydroxylation sites is 1. The Labute approximate surface area is 203 Å². The number of nitrogens with one attached hydrogen (secondary N) is 1. The van der Waals surface area contributed by atoms with Crippen molar-refractivity contribution in [2.45, 2.75) is 71.0 Å². The third-order valence-corrected chi connectivity index (χ3v) is 4.68. The van der Waals surface area contributed by atoms with Crippen LogP contribution < -0.4 is 21.5 Å². The van der Waals surface area contributed by atoms with Gasteiger partial charge in [-0.2, -0.15) is 13.2 Å². The first-order chi connectivity index (χ1) is 16.2. The molecular formula is C23H36F3N3O6. The van der Waals surface area contributed by atoms with Gasteiger partial charge in [0.15, 0.2) is 0 Å². The number of amides is 1. The molecule has 12 heteroatoms. The van der Waals surface area contributed by atoms with Crippen molar-refractivity contribution in [1.29, 1.82) is 0 Å². The van der Waals surface area contributed by atoms with Crippen molar-refractivity contribution >= 4 is 18.0 Å². The van der Waals surface area contributed by atoms with E-state index in [0.29, 0.717) is 18.7 Å². The number of rotatable bonds is 11. The second kappa shape index (κ2) is 15.9. The van der Waals surface area contributed by atoms with Crippen molar-refractivity contribution in [1.82, 2.24) is 5.32 Å². The van der Waals surface area contributed by atoms with Gasteiger partial charge >= 0.3 is 18.3 Å². The van der Waals surface area contributed by atoms with Crippen molar-refractivity contribution < 1.29 is 42.1 Å². The lowest BCUT2D eigenvalue weighted by Crippen LogP contribution is -2.42. The summed E-state index contributed by atoms with van der Waals surface area (Å²) < 4.78 is 42.4. The Kier molecular flexibility index (Phi) is 14.6. The molecule has 0 radical (unpaired) electrons. The van der Waals surface area contributed by atoms with Crippen LogP contribution in [0.3, 0.4) is 0 Å². The predicted molar refractivity (Wildman–Crippen MR) is 124 cm³/mol. The van der Waals surface area contributed by atoms with Crippen LogP contribution >= 0.6 is 0 Å². The molecule has 1 aromatic carbocycles. The minimum Gasteiger partial charge on any atom is -0.475 e. The van der Waals surface area contributed by atoms with Gasteiger partial charge in [-0.25, -0.2) is 9.59 Å². The minimum absolute atomic E-state index is 0.0148. The molecule has 6 N–H and O–H groups in total. The molecule has 1 rings (SSSR count). The normalized spacial score (nSPS) is 12.0. The SMILES string of the molecule is CC(C)c1cccc(C(C)C)c1OC(=O)OCCNC(=O)[C@@H](N)CCCCN.O=C(O)C(F)(F)F. The molecule has 0 aliphatic carbocycles. The summed E-state index contributed by atoms with van der Waals surface area (Å²) in [5.74, 6) is -2.04. The highest BCUT2D eigenvalue weighted by molar-refractivity contribution is 5.81. The monoisotopic (exact) mass is 507 g/mol. The molecular weight excluding hydrogens is 471 g/mol. The van der Waals surface area contributed by atoms with Crippen LogP contribution in [0.15, 0.2) is 18.2 Å². The number of aliphatic carboxylic acids is 1. The molecule has 0 aliphatic rings. The molecule has 9 nitrogen and oxygen atoms in total. The first-order valence-electron chi connectivity index (χ1n) is 11.2. The molecule has 0 saturated carbocycles. The quantitative estimate of drug-likeness (QED) is 0.201. The lowest BCUT2D eigenvalue weighted by atomic mass is 9.94. The number of unbranched alkanes of at least 4 members (excludes halogenated alkanes) is 1. The van der Waals surface area contributed by atoms with Crippen molar-refractivity contribution in [3.63, 3.8) is 0 Å². The zero-order chi connectivity index (χ0) is 27.2. The van der Waals surface area contributed by atoms with Crippen LogP contribution in [-0.4, -0.2) is 55.1 Å². The Bertz CT molecular complexity index is 790. The van der Waals surface area contributed by atoms with Crippen LogP contribution in [0.25, 0.3) is 0 Å². The van der Waals surface area contributed by atoms with Gasteiger partial charge < -0.3 is 31.4 Å². The van der Waals surface area contributed by atoms with E-state index in [1.165, 1.54) is 0 Å². The van der Waals surface area contributed by atoms with Gasteiger partial charge in [0.1, 0.15) is 12.4 Å². The number of alkyl halides is 3. The van der Waals surface area contributed by atoms with E-state index in [2.05, 4.69) is 5.32 Å². The van der Waals surface area contributed by atoms with Crippen molar-refractivity contribution in [3.05, 3.63) is 29.3 Å². The first-order valence-corrected chi connectivity index (χ1v) is 11.2. The number of hydrogen-bond acceptors (Lipinski definition) is 7. The fourth-order valence-corrected chi connectivity index (χ4v) is 2.79. The average molecular weight is 508 g/mol. The molecule has 0 bridgehead atoms. The van der Waals surface area contributed by atoms with Gasteiger partial charge in [0, 0.05) is 0 Å². The van der Waals surface area contributed by atoms with E-state index >= 15 is 0 Å². The topological polar surface area (TPSA) is 154 Å². The molecule has 1 amide bonds. The molecule has 1 aromatic rings. The van der Waals surface area contributed by atoms with E-state index in [-0.39, 0.29) is 30.9 Å². The minimum atomic E-state index is -5.08. The summed E-state index contributed by atoms with van der Waals surface area (Å²) in [5, 5.41) is 9.78. The standard InChI is InChI=1S/C21H35N3O4.C2HF3O2/c1-14(2)16-8-7-9-17(15(3)4)19(16)28-21(26)27-13-12-24-20(25)18(23)10-5-6-11-22;3-2(4,5)1(6)7/h7-9,14-15,18H,5-6,10-13,22-23H2,1-4H3,(H,24,25);(H,6,7)/t18-;/m0./s1. The van der Waals surface area contributed by atoms with Crippen LogP contribution in [-0.2, 0) is 14.3 Å². The highest BCUT2D eigenvalue weighted by Gasteiger charge is 2.38. The van der Waals surface area contributed by atoms with E-state index in [0.717, 1.165) is 24.0 Å². The maximum atomic E-state index is 12.1. The summed E-state index contributed by atoms with van der Waals surface area (Å²) in [7, 11) is 0. The third-order valence-electron chi connectivity index (χ3n) is 4.68. The maximum absolute atomic E-state index is 12.1. The highest BCUT2D eigenvalue weighted by atomic mass is 19.4. The van der Waals surface area contributed by atoms with Gasteiger partial charge in [-0.15, -0.1) is 0 Å². The van der Waals surface area contributed by atoms with E-state index in [4.69, 9.17) is 30.8 Å². The second-order valence-corrected chi connectivity index (χ2v) is 8.26. The van der Waals surface area contributed by atoms with E-state index in [9.17, 15) is 22.8 Å². The van der Waals surface area contributed by atoms with Gasteiger partial charge in [0.25, 0.3) is 0 Å². The number of hydrogen-bond donors (Lipinski definition) is 4. The van der Waals surface area contributed by atoms with Crippen molar-refractivity contribution in [2.75, 3.05) is 19.7 Å². The Hall–Kier alpha value is -2.86. The smallest absolute Gasteiger partial charge is 0.475 e. The van der Waals surface area contributed by atoms with E-state index in [1.54, 1.807) is 0 Å². The van der Waals surface area contributed by atoms with Gasteiger partial charge in [0.2, 0.25) is 5.91 Å². The third kappa shape index (κ3) is 13.0. The van der Waals surface area contributed by atoms with Gasteiger partial charge in [-0.05, 0) is 42.3 Å². The number of halogens is 3. The zero-order valence-corrected chi connectivity index (χ0v) is 20.5. The van der Waals surface area contributed by atoms with Crippen molar-refractivity contribution in [2.24, 2.45) is 11.5 Å². The number of carboxylic acid groups (broad SMARTS) is 1. The molecule has 35 heavy (non-hydrogen) atoms. The summed E-state index contributed by atoms with van der Waals surface area (Å²) in [4.78, 5) is 32.9. The van der Waals surface area contributed by atoms with Gasteiger partial charge in [0.05, 0.1) is 12.6 Å². The second-order valence-electron chi connectivity index (χ2n) is 8.26. The van der Waals surface area contributed by atoms with Crippen LogP contribution in [0.5, 0.6) is 5.75 Å². The van der Waals surface area contributed by atoms with Gasteiger partial charge in [-0.3, -0.25) is 4.79 Å². The molecule has 1 atom stereocenters. The number of benzene rings is 1. The van der Waals surface area contributed by atoms with Crippen LogP contribution in [0.4, 0.5) is 18.0 Å². The summed E-state index contributed by atoms with van der Waals surface area (Å²) in [6.45, 7) is 8.97. The largest absolute Gasteiger partial charge is 0.513 e. The van der Waals surface area contributed by atoms with Gasteiger partial charge in [-0.1, -0.05) is 52.3 Å².